The van der Waals surface area contributed by atoms with Crippen LogP contribution in [0.2, 0.25) is 0 Å². The van der Waals surface area contributed by atoms with Crippen molar-refractivity contribution in [2.24, 2.45) is 0 Å². The average molecular weight is 220 g/mol. The van der Waals surface area contributed by atoms with Crippen LogP contribution in [0.4, 0.5) is 5.69 Å². The molecule has 0 spiro atoms. The van der Waals surface area contributed by atoms with E-state index in [4.69, 9.17) is 5.11 Å². The Kier molecular flexibility index (Phi) is 2.12. The highest BCUT2D eigenvalue weighted by Gasteiger charge is 2.14. The first kappa shape index (κ1) is 10.2. The van der Waals surface area contributed by atoms with E-state index in [9.17, 15) is 14.9 Å². The normalized spacial score (nSPS) is 10.6. The fourth-order valence-corrected chi connectivity index (χ4v) is 1.60. The number of H-pyrrole nitrogens is 1. The van der Waals surface area contributed by atoms with Gasteiger partial charge in [-0.1, -0.05) is 0 Å². The summed E-state index contributed by atoms with van der Waals surface area (Å²) in [5.41, 5.74) is 0.962. The number of benzene rings is 1. The Bertz CT molecular complexity index is 600. The van der Waals surface area contributed by atoms with Gasteiger partial charge in [-0.25, -0.2) is 4.79 Å². The van der Waals surface area contributed by atoms with Crippen LogP contribution in [0.25, 0.3) is 10.9 Å². The van der Waals surface area contributed by atoms with Crippen LogP contribution in [-0.2, 0) is 0 Å². The number of fused-ring (bicyclic) bond motifs is 1. The molecule has 0 radical (unpaired) electrons. The maximum Gasteiger partial charge on any atom is 0.352 e. The van der Waals surface area contributed by atoms with E-state index >= 15 is 0 Å². The predicted molar refractivity (Wildman–Crippen MR) is 56.6 cm³/mol. The maximum atomic E-state index is 10.7. The number of hydrogen-bond acceptors (Lipinski definition) is 3. The topological polar surface area (TPSA) is 96.2 Å². The van der Waals surface area contributed by atoms with Gasteiger partial charge in [-0.15, -0.1) is 0 Å². The third-order valence-corrected chi connectivity index (χ3v) is 2.36. The highest BCUT2D eigenvalue weighted by Crippen LogP contribution is 2.25. The number of hydrogen-bond donors (Lipinski definition) is 2. The molecule has 2 N–H and O–H groups in total. The number of aromatic nitrogens is 1. The van der Waals surface area contributed by atoms with Crippen LogP contribution in [0.3, 0.4) is 0 Å². The molecule has 2 rings (SSSR count). The highest BCUT2D eigenvalue weighted by atomic mass is 16.6. The van der Waals surface area contributed by atoms with Crippen LogP contribution in [0.1, 0.15) is 16.1 Å². The van der Waals surface area contributed by atoms with Gasteiger partial charge in [0, 0.05) is 17.0 Å². The lowest BCUT2D eigenvalue weighted by Gasteiger charge is -1.96. The summed E-state index contributed by atoms with van der Waals surface area (Å²) in [6, 6.07) is 4.39. The van der Waals surface area contributed by atoms with Crippen molar-refractivity contribution in [3.63, 3.8) is 0 Å². The summed E-state index contributed by atoms with van der Waals surface area (Å²) in [6.07, 6.45) is 0. The molecular weight excluding hydrogens is 212 g/mol. The Morgan fingerprint density at radius 1 is 1.44 bits per heavy atom. The Morgan fingerprint density at radius 3 is 2.69 bits per heavy atom. The third-order valence-electron chi connectivity index (χ3n) is 2.36. The number of nitro benzene ring substituents is 1. The second-order valence-electron chi connectivity index (χ2n) is 3.47. The van der Waals surface area contributed by atoms with Crippen molar-refractivity contribution in [1.29, 1.82) is 0 Å². The predicted octanol–water partition coefficient (Wildman–Crippen LogP) is 2.08. The molecule has 0 aliphatic carbocycles. The molecule has 1 aromatic heterocycles. The fraction of sp³-hybridized carbons (Fsp3) is 0.100. The molecule has 16 heavy (non-hydrogen) atoms. The van der Waals surface area contributed by atoms with Crippen molar-refractivity contribution in [3.8, 4) is 0 Å². The van der Waals surface area contributed by atoms with E-state index in [1.807, 2.05) is 0 Å². The van der Waals surface area contributed by atoms with Crippen molar-refractivity contribution in [3.05, 3.63) is 39.6 Å². The van der Waals surface area contributed by atoms with Gasteiger partial charge in [0.05, 0.1) is 10.4 Å². The molecule has 0 atom stereocenters. The van der Waals surface area contributed by atoms with Gasteiger partial charge < -0.3 is 10.1 Å². The Hall–Kier alpha value is -2.37. The first-order valence-electron chi connectivity index (χ1n) is 4.50. The van der Waals surface area contributed by atoms with Gasteiger partial charge in [-0.3, -0.25) is 10.1 Å². The Morgan fingerprint density at radius 2 is 2.12 bits per heavy atom. The quantitative estimate of drug-likeness (QED) is 0.598. The lowest BCUT2D eigenvalue weighted by molar-refractivity contribution is -0.385. The molecule has 6 nitrogen and oxygen atoms in total. The molecule has 0 amide bonds. The molecule has 0 aliphatic heterocycles. The Labute approximate surface area is 89.7 Å². The van der Waals surface area contributed by atoms with E-state index in [0.717, 1.165) is 0 Å². The minimum atomic E-state index is -1.09. The third kappa shape index (κ3) is 1.50. The minimum absolute atomic E-state index is 0.0220. The Balaban J connectivity index is 2.70. The lowest BCUT2D eigenvalue weighted by Crippen LogP contribution is -1.94. The summed E-state index contributed by atoms with van der Waals surface area (Å²) in [7, 11) is 0. The SMILES string of the molecule is Cc1cc2cc(C(=O)O)[nH]c2cc1[N+](=O)[O-]. The zero-order valence-electron chi connectivity index (χ0n) is 8.35. The number of aryl methyl sites for hydroxylation is 1. The number of carboxylic acids is 1. The number of carbonyl (C=O) groups is 1. The van der Waals surface area contributed by atoms with Gasteiger partial charge in [0.1, 0.15) is 5.69 Å². The van der Waals surface area contributed by atoms with Crippen molar-refractivity contribution in [1.82, 2.24) is 4.98 Å². The van der Waals surface area contributed by atoms with Crippen LogP contribution < -0.4 is 0 Å². The molecule has 1 heterocycles. The number of nitrogens with one attached hydrogen (secondary N) is 1. The molecular formula is C10H8N2O4. The molecule has 0 aliphatic rings. The number of nitrogens with zero attached hydrogens (tertiary/aromatic N) is 1. The van der Waals surface area contributed by atoms with Crippen LogP contribution in [0.15, 0.2) is 18.2 Å². The summed E-state index contributed by atoms with van der Waals surface area (Å²) < 4.78 is 0. The maximum absolute atomic E-state index is 10.7. The second-order valence-corrected chi connectivity index (χ2v) is 3.47. The van der Waals surface area contributed by atoms with E-state index in [1.54, 1.807) is 13.0 Å². The van der Waals surface area contributed by atoms with Gasteiger partial charge in [-0.2, -0.15) is 0 Å². The average Bonchev–Trinajstić information content (AvgIpc) is 2.58. The van der Waals surface area contributed by atoms with Crippen LogP contribution in [-0.4, -0.2) is 21.0 Å². The van der Waals surface area contributed by atoms with Gasteiger partial charge >= 0.3 is 5.97 Å². The van der Waals surface area contributed by atoms with Crippen molar-refractivity contribution in [2.45, 2.75) is 6.92 Å². The van der Waals surface area contributed by atoms with Crippen LogP contribution in [0, 0.1) is 17.0 Å². The van der Waals surface area contributed by atoms with E-state index in [2.05, 4.69) is 4.98 Å². The summed E-state index contributed by atoms with van der Waals surface area (Å²) in [6.45, 7) is 1.62. The summed E-state index contributed by atoms with van der Waals surface area (Å²) >= 11 is 0. The first-order valence-corrected chi connectivity index (χ1v) is 4.50. The van der Waals surface area contributed by atoms with Crippen molar-refractivity contribution >= 4 is 22.6 Å². The van der Waals surface area contributed by atoms with Crippen LogP contribution >= 0.6 is 0 Å². The van der Waals surface area contributed by atoms with E-state index < -0.39 is 10.9 Å². The van der Waals surface area contributed by atoms with Crippen molar-refractivity contribution in [2.75, 3.05) is 0 Å². The summed E-state index contributed by atoms with van der Waals surface area (Å²) in [4.78, 5) is 23.5. The molecule has 1 aromatic carbocycles. The zero-order valence-corrected chi connectivity index (χ0v) is 8.35. The van der Waals surface area contributed by atoms with E-state index in [1.165, 1.54) is 12.1 Å². The fourth-order valence-electron chi connectivity index (χ4n) is 1.60. The zero-order chi connectivity index (χ0) is 11.9. The highest BCUT2D eigenvalue weighted by molar-refractivity contribution is 5.94. The molecule has 0 saturated heterocycles. The first-order chi connectivity index (χ1) is 7.49. The van der Waals surface area contributed by atoms with Gasteiger partial charge in [0.25, 0.3) is 5.69 Å². The molecule has 6 heteroatoms. The van der Waals surface area contributed by atoms with Gasteiger partial charge in [-0.05, 0) is 19.1 Å². The monoisotopic (exact) mass is 220 g/mol. The second kappa shape index (κ2) is 3.34. The van der Waals surface area contributed by atoms with Gasteiger partial charge in [0.15, 0.2) is 0 Å². The largest absolute Gasteiger partial charge is 0.477 e. The minimum Gasteiger partial charge on any atom is -0.477 e. The van der Waals surface area contributed by atoms with Crippen LogP contribution in [0.5, 0.6) is 0 Å². The standard InChI is InChI=1S/C10H8N2O4/c1-5-2-6-3-8(10(13)14)11-7(6)4-9(5)12(15)16/h2-4,11H,1H3,(H,13,14). The van der Waals surface area contributed by atoms with E-state index in [0.29, 0.717) is 16.5 Å². The number of rotatable bonds is 2. The summed E-state index contributed by atoms with van der Waals surface area (Å²) in [5.74, 6) is -1.09. The molecule has 0 bridgehead atoms. The number of aromatic carboxylic acids is 1. The van der Waals surface area contributed by atoms with E-state index in [-0.39, 0.29) is 11.4 Å². The molecule has 82 valence electrons. The molecule has 2 aromatic rings. The smallest absolute Gasteiger partial charge is 0.352 e. The molecule has 0 unspecified atom stereocenters. The van der Waals surface area contributed by atoms with Crippen molar-refractivity contribution < 1.29 is 14.8 Å². The molecule has 0 fully saturated rings. The van der Waals surface area contributed by atoms with Gasteiger partial charge in [0.2, 0.25) is 0 Å². The number of nitro groups is 1. The lowest BCUT2D eigenvalue weighted by atomic mass is 10.1. The number of carboxylic acid groups (broad SMARTS) is 1. The number of aromatic amines is 1. The summed E-state index contributed by atoms with van der Waals surface area (Å²) in [5, 5.41) is 20.1. The molecule has 0 saturated carbocycles.